The molecule has 2 aliphatic heterocycles. The van der Waals surface area contributed by atoms with Gasteiger partial charge in [-0.05, 0) is 37.7 Å². The smallest absolute Gasteiger partial charge is 0.243 e. The van der Waals surface area contributed by atoms with Crippen LogP contribution in [0.25, 0.3) is 0 Å². The van der Waals surface area contributed by atoms with Gasteiger partial charge in [-0.25, -0.2) is 8.42 Å². The third-order valence-corrected chi connectivity index (χ3v) is 7.89. The number of piperazine rings is 1. The zero-order valence-corrected chi connectivity index (χ0v) is 18.4. The fraction of sp³-hybridized carbons (Fsp3) is 0.632. The maximum atomic E-state index is 13.0. The highest BCUT2D eigenvalue weighted by molar-refractivity contribution is 7.89. The Hall–Kier alpha value is -1.26. The van der Waals surface area contributed by atoms with Crippen molar-refractivity contribution in [2.45, 2.75) is 18.7 Å². The van der Waals surface area contributed by atoms with Gasteiger partial charge in [0, 0.05) is 26.2 Å². The van der Waals surface area contributed by atoms with Crippen LogP contribution in [0.5, 0.6) is 0 Å². The van der Waals surface area contributed by atoms with Crippen LogP contribution < -0.4 is 10.2 Å². The molecule has 0 aliphatic carbocycles. The summed E-state index contributed by atoms with van der Waals surface area (Å²) in [5.74, 6) is 0. The Morgan fingerprint density at radius 1 is 1.18 bits per heavy atom. The van der Waals surface area contributed by atoms with Gasteiger partial charge in [-0.1, -0.05) is 17.7 Å². The van der Waals surface area contributed by atoms with Gasteiger partial charge >= 0.3 is 0 Å². The van der Waals surface area contributed by atoms with E-state index in [-0.39, 0.29) is 0 Å². The number of thiocarbonyl (C=S) groups is 1. The molecule has 0 amide bonds. The van der Waals surface area contributed by atoms with Gasteiger partial charge in [-0.3, -0.25) is 0 Å². The first kappa shape index (κ1) is 21.4. The molecule has 7 nitrogen and oxygen atoms in total. The lowest BCUT2D eigenvalue weighted by atomic mass is 10.2. The molecule has 2 N–H and O–H groups in total. The molecule has 2 fully saturated rings. The zero-order valence-electron chi connectivity index (χ0n) is 16.7. The predicted octanol–water partition coefficient (Wildman–Crippen LogP) is -0.601. The SMILES string of the molecule is Cc1ccc(S(=O)(=O)N2CCN(C(=S)NCC[NH+]3CCOCC3)CC2)c(C)c1. The highest BCUT2D eigenvalue weighted by Gasteiger charge is 2.30. The normalized spacial score (nSPS) is 19.6. The van der Waals surface area contributed by atoms with Crippen LogP contribution in [0.15, 0.2) is 23.1 Å². The van der Waals surface area contributed by atoms with Crippen LogP contribution in [0.1, 0.15) is 11.1 Å². The Kier molecular flexibility index (Phi) is 7.27. The number of aryl methyl sites for hydroxylation is 2. The molecule has 2 aliphatic rings. The Morgan fingerprint density at radius 3 is 2.50 bits per heavy atom. The Labute approximate surface area is 173 Å². The third-order valence-electron chi connectivity index (χ3n) is 5.43. The van der Waals surface area contributed by atoms with E-state index >= 15 is 0 Å². The monoisotopic (exact) mass is 427 g/mol. The molecule has 28 heavy (non-hydrogen) atoms. The molecule has 1 aromatic carbocycles. The number of rotatable bonds is 5. The average Bonchev–Trinajstić information content (AvgIpc) is 2.68. The molecule has 0 spiro atoms. The van der Waals surface area contributed by atoms with E-state index in [4.69, 9.17) is 17.0 Å². The Morgan fingerprint density at radius 2 is 1.86 bits per heavy atom. The van der Waals surface area contributed by atoms with Crippen molar-refractivity contribution in [2.24, 2.45) is 0 Å². The van der Waals surface area contributed by atoms with Gasteiger partial charge in [0.15, 0.2) is 5.11 Å². The topological polar surface area (TPSA) is 66.3 Å². The van der Waals surface area contributed by atoms with E-state index < -0.39 is 10.0 Å². The third kappa shape index (κ3) is 5.21. The van der Waals surface area contributed by atoms with Crippen molar-refractivity contribution in [2.75, 3.05) is 65.6 Å². The molecule has 0 aromatic heterocycles. The maximum absolute atomic E-state index is 13.0. The second-order valence-electron chi connectivity index (χ2n) is 7.50. The molecule has 0 unspecified atom stereocenters. The first-order chi connectivity index (χ1) is 13.4. The zero-order chi connectivity index (χ0) is 20.1. The fourth-order valence-corrected chi connectivity index (χ4v) is 5.64. The number of ether oxygens (including phenoxy) is 1. The number of hydrogen-bond acceptors (Lipinski definition) is 4. The summed E-state index contributed by atoms with van der Waals surface area (Å²) >= 11 is 5.51. The lowest BCUT2D eigenvalue weighted by molar-refractivity contribution is -0.906. The summed E-state index contributed by atoms with van der Waals surface area (Å²) in [6.07, 6.45) is 0. The van der Waals surface area contributed by atoms with Gasteiger partial charge in [0.1, 0.15) is 13.1 Å². The van der Waals surface area contributed by atoms with E-state index in [1.807, 2.05) is 26.0 Å². The molecule has 2 heterocycles. The summed E-state index contributed by atoms with van der Waals surface area (Å²) in [6.45, 7) is 11.5. The van der Waals surface area contributed by atoms with Crippen molar-refractivity contribution in [1.82, 2.24) is 14.5 Å². The highest BCUT2D eigenvalue weighted by Crippen LogP contribution is 2.22. The highest BCUT2D eigenvalue weighted by atomic mass is 32.2. The minimum absolute atomic E-state index is 0.403. The minimum Gasteiger partial charge on any atom is -0.370 e. The maximum Gasteiger partial charge on any atom is 0.243 e. The van der Waals surface area contributed by atoms with E-state index in [1.54, 1.807) is 10.4 Å². The molecule has 9 heteroatoms. The van der Waals surface area contributed by atoms with Crippen molar-refractivity contribution in [3.63, 3.8) is 0 Å². The van der Waals surface area contributed by atoms with Crippen molar-refractivity contribution >= 4 is 27.4 Å². The lowest BCUT2D eigenvalue weighted by Gasteiger charge is -2.35. The van der Waals surface area contributed by atoms with E-state index in [9.17, 15) is 8.42 Å². The number of nitrogens with one attached hydrogen (secondary N) is 2. The summed E-state index contributed by atoms with van der Waals surface area (Å²) in [5, 5.41) is 4.05. The minimum atomic E-state index is -3.46. The second-order valence-corrected chi connectivity index (χ2v) is 9.80. The van der Waals surface area contributed by atoms with Crippen LogP contribution in [-0.2, 0) is 14.8 Å². The second kappa shape index (κ2) is 9.49. The summed E-state index contributed by atoms with van der Waals surface area (Å²) in [6, 6.07) is 5.48. The fourth-order valence-electron chi connectivity index (χ4n) is 3.73. The lowest BCUT2D eigenvalue weighted by Crippen LogP contribution is -3.14. The number of benzene rings is 1. The molecule has 0 atom stereocenters. The van der Waals surface area contributed by atoms with Gasteiger partial charge in [0.05, 0.1) is 31.2 Å². The first-order valence-electron chi connectivity index (χ1n) is 9.89. The van der Waals surface area contributed by atoms with Crippen molar-refractivity contribution < 1.29 is 18.1 Å². The van der Waals surface area contributed by atoms with Crippen LogP contribution in [0, 0.1) is 13.8 Å². The molecular weight excluding hydrogens is 396 g/mol. The molecule has 1 aromatic rings. The van der Waals surface area contributed by atoms with Gasteiger partial charge < -0.3 is 19.9 Å². The van der Waals surface area contributed by atoms with Crippen molar-refractivity contribution in [3.8, 4) is 0 Å². The van der Waals surface area contributed by atoms with Crippen LogP contribution in [0.2, 0.25) is 0 Å². The van der Waals surface area contributed by atoms with E-state index in [1.165, 1.54) is 4.90 Å². The summed E-state index contributed by atoms with van der Waals surface area (Å²) in [4.78, 5) is 4.00. The number of nitrogens with zero attached hydrogens (tertiary/aromatic N) is 2. The molecule has 156 valence electrons. The number of hydrogen-bond donors (Lipinski definition) is 2. The summed E-state index contributed by atoms with van der Waals surface area (Å²) < 4.78 is 32.9. The Bertz CT molecular complexity index is 786. The van der Waals surface area contributed by atoms with E-state index in [2.05, 4.69) is 10.2 Å². The largest absolute Gasteiger partial charge is 0.370 e. The van der Waals surface area contributed by atoms with Crippen LogP contribution >= 0.6 is 12.2 Å². The molecule has 2 saturated heterocycles. The predicted molar refractivity (Wildman–Crippen MR) is 113 cm³/mol. The van der Waals surface area contributed by atoms with Gasteiger partial charge in [-0.2, -0.15) is 4.31 Å². The van der Waals surface area contributed by atoms with Crippen molar-refractivity contribution in [1.29, 1.82) is 0 Å². The van der Waals surface area contributed by atoms with Gasteiger partial charge in [0.25, 0.3) is 0 Å². The van der Waals surface area contributed by atoms with Crippen LogP contribution in [-0.4, -0.2) is 88.3 Å². The molecule has 0 bridgehead atoms. The molecular formula is C19H31N4O3S2+. The van der Waals surface area contributed by atoms with Crippen molar-refractivity contribution in [3.05, 3.63) is 29.3 Å². The number of sulfonamides is 1. The first-order valence-corrected chi connectivity index (χ1v) is 11.7. The molecule has 3 rings (SSSR count). The van der Waals surface area contributed by atoms with Crippen LogP contribution in [0.3, 0.4) is 0 Å². The standard InChI is InChI=1S/C19H30N4O3S2/c1-16-3-4-18(17(2)15-16)28(24,25)23-9-7-22(8-10-23)19(27)20-5-6-21-11-13-26-14-12-21/h3-4,15H,5-14H2,1-2H3,(H,20,27)/p+1. The van der Waals surface area contributed by atoms with E-state index in [0.29, 0.717) is 31.1 Å². The van der Waals surface area contributed by atoms with Gasteiger partial charge in [0.2, 0.25) is 10.0 Å². The number of morpholine rings is 1. The Balaban J connectivity index is 1.48. The average molecular weight is 428 g/mol. The van der Waals surface area contributed by atoms with Crippen LogP contribution in [0.4, 0.5) is 0 Å². The number of quaternary nitrogens is 1. The summed E-state index contributed by atoms with van der Waals surface area (Å²) in [7, 11) is -3.46. The van der Waals surface area contributed by atoms with Gasteiger partial charge in [-0.15, -0.1) is 0 Å². The summed E-state index contributed by atoms with van der Waals surface area (Å²) in [5.41, 5.74) is 1.86. The quantitative estimate of drug-likeness (QED) is 0.612. The van der Waals surface area contributed by atoms with E-state index in [0.717, 1.165) is 55.6 Å². The molecule has 0 saturated carbocycles. The molecule has 0 radical (unpaired) electrons.